The molecule has 1 N–H and O–H groups in total. The van der Waals surface area contributed by atoms with Gasteiger partial charge >= 0.3 is 0 Å². The van der Waals surface area contributed by atoms with Gasteiger partial charge in [0.05, 0.1) is 21.6 Å². The third-order valence-corrected chi connectivity index (χ3v) is 4.19. The summed E-state index contributed by atoms with van der Waals surface area (Å²) in [6.45, 7) is 0. The van der Waals surface area contributed by atoms with E-state index in [1.807, 2.05) is 12.3 Å². The molecule has 5 nitrogen and oxygen atoms in total. The van der Waals surface area contributed by atoms with Crippen LogP contribution >= 0.6 is 23.3 Å². The second-order valence-electron chi connectivity index (χ2n) is 4.19. The fraction of sp³-hybridized carbons (Fsp3) is 0.0769. The Hall–Kier alpha value is -2.13. The van der Waals surface area contributed by atoms with Gasteiger partial charge in [-0.15, -0.1) is 22.0 Å². The van der Waals surface area contributed by atoms with Gasteiger partial charge in [0, 0.05) is 18.3 Å². The topological polar surface area (TPSA) is 70.7 Å². The lowest BCUT2D eigenvalue weighted by molar-refractivity contribution is 0.396. The van der Waals surface area contributed by atoms with Crippen molar-refractivity contribution in [3.63, 3.8) is 0 Å². The van der Waals surface area contributed by atoms with Crippen molar-refractivity contribution >= 4 is 44.9 Å². The minimum absolute atomic E-state index is 0.0388. The molecule has 0 spiro atoms. The molecule has 0 radical (unpaired) electrons. The first-order valence-electron chi connectivity index (χ1n) is 5.97. The third-order valence-electron chi connectivity index (χ3n) is 2.78. The van der Waals surface area contributed by atoms with E-state index in [1.54, 1.807) is 6.20 Å². The summed E-state index contributed by atoms with van der Waals surface area (Å²) in [6, 6.07) is 3.62. The zero-order valence-electron chi connectivity index (χ0n) is 11.1. The van der Waals surface area contributed by atoms with E-state index in [2.05, 4.69) is 19.6 Å². The largest absolute Gasteiger partial charge is 0.503 e. The second kappa shape index (κ2) is 5.93. The van der Waals surface area contributed by atoms with Crippen LogP contribution in [0.2, 0.25) is 0 Å². The highest BCUT2D eigenvalue weighted by Crippen LogP contribution is 2.33. The van der Waals surface area contributed by atoms with Crippen LogP contribution in [0.4, 0.5) is 19.5 Å². The molecule has 0 atom stereocenters. The van der Waals surface area contributed by atoms with E-state index in [4.69, 9.17) is 5.11 Å². The van der Waals surface area contributed by atoms with Crippen molar-refractivity contribution in [1.29, 1.82) is 0 Å². The van der Waals surface area contributed by atoms with Crippen LogP contribution in [0, 0.1) is 11.6 Å². The van der Waals surface area contributed by atoms with E-state index < -0.39 is 17.4 Å². The zero-order valence-corrected chi connectivity index (χ0v) is 12.8. The summed E-state index contributed by atoms with van der Waals surface area (Å²) in [5.41, 5.74) is 0.699. The van der Waals surface area contributed by atoms with E-state index in [-0.39, 0.29) is 5.69 Å². The van der Waals surface area contributed by atoms with Crippen molar-refractivity contribution in [3.05, 3.63) is 36.0 Å². The highest BCUT2D eigenvalue weighted by Gasteiger charge is 2.10. The summed E-state index contributed by atoms with van der Waals surface area (Å²) in [6.07, 6.45) is 3.55. The number of thioether (sulfide) groups is 1. The lowest BCUT2D eigenvalue weighted by Crippen LogP contribution is -1.81. The van der Waals surface area contributed by atoms with Crippen molar-refractivity contribution in [2.45, 2.75) is 5.03 Å². The summed E-state index contributed by atoms with van der Waals surface area (Å²) in [5, 5.41) is 18.8. The molecule has 3 aromatic rings. The standard InChI is InChI=1S/C13H8F2N4OS2/c1-21-11-4-10-7(5-16-11)13(22-19-10)18-17-6-2-8(14)12(20)9(15)3-6/h2-5,20H,1H3/b18-17+. The summed E-state index contributed by atoms with van der Waals surface area (Å²) < 4.78 is 30.7. The van der Waals surface area contributed by atoms with Gasteiger partial charge in [-0.3, -0.25) is 0 Å². The Morgan fingerprint density at radius 3 is 2.59 bits per heavy atom. The number of halogens is 2. The minimum Gasteiger partial charge on any atom is -0.503 e. The first kappa shape index (κ1) is 14.8. The normalized spacial score (nSPS) is 11.6. The molecule has 2 aromatic heterocycles. The number of benzene rings is 1. The Bertz CT molecular complexity index is 859. The molecular weight excluding hydrogens is 330 g/mol. The van der Waals surface area contributed by atoms with Gasteiger partial charge < -0.3 is 5.11 Å². The van der Waals surface area contributed by atoms with Crippen LogP contribution in [0.5, 0.6) is 5.75 Å². The van der Waals surface area contributed by atoms with Crippen LogP contribution in [0.3, 0.4) is 0 Å². The maximum absolute atomic E-state index is 13.2. The Labute approximate surface area is 131 Å². The number of hydrogen-bond acceptors (Lipinski definition) is 7. The van der Waals surface area contributed by atoms with Crippen molar-refractivity contribution in [2.24, 2.45) is 10.2 Å². The van der Waals surface area contributed by atoms with Gasteiger partial charge in [-0.25, -0.2) is 13.8 Å². The molecule has 0 aliphatic carbocycles. The van der Waals surface area contributed by atoms with Crippen molar-refractivity contribution < 1.29 is 13.9 Å². The summed E-state index contributed by atoms with van der Waals surface area (Å²) in [4.78, 5) is 4.23. The molecule has 3 rings (SSSR count). The molecule has 0 saturated heterocycles. The second-order valence-corrected chi connectivity index (χ2v) is 5.77. The summed E-state index contributed by atoms with van der Waals surface area (Å²) >= 11 is 2.62. The predicted octanol–water partition coefficient (Wildman–Crippen LogP) is 4.81. The SMILES string of the molecule is CSc1cc2nsc(/N=N/c3cc(F)c(O)c(F)c3)c2cn1. The maximum Gasteiger partial charge on any atom is 0.187 e. The van der Waals surface area contributed by atoms with Crippen LogP contribution in [0.25, 0.3) is 10.9 Å². The van der Waals surface area contributed by atoms with Gasteiger partial charge in [-0.1, -0.05) is 0 Å². The van der Waals surface area contributed by atoms with Crippen LogP contribution in [-0.2, 0) is 0 Å². The van der Waals surface area contributed by atoms with E-state index in [1.165, 1.54) is 11.8 Å². The van der Waals surface area contributed by atoms with Crippen molar-refractivity contribution in [2.75, 3.05) is 6.26 Å². The molecule has 0 saturated carbocycles. The maximum atomic E-state index is 13.2. The molecule has 0 fully saturated rings. The first-order chi connectivity index (χ1) is 10.6. The summed E-state index contributed by atoms with van der Waals surface area (Å²) in [7, 11) is 0. The number of hydrogen-bond donors (Lipinski definition) is 1. The van der Waals surface area contributed by atoms with Gasteiger partial charge in [0.25, 0.3) is 0 Å². The van der Waals surface area contributed by atoms with Crippen LogP contribution < -0.4 is 0 Å². The number of aromatic hydroxyl groups is 1. The fourth-order valence-electron chi connectivity index (χ4n) is 1.70. The smallest absolute Gasteiger partial charge is 0.187 e. The Kier molecular flexibility index (Phi) is 3.99. The van der Waals surface area contributed by atoms with Gasteiger partial charge in [0.15, 0.2) is 22.4 Å². The highest BCUT2D eigenvalue weighted by molar-refractivity contribution is 7.98. The minimum atomic E-state index is -1.09. The molecule has 9 heteroatoms. The van der Waals surface area contributed by atoms with Gasteiger partial charge in [-0.05, 0) is 23.9 Å². The fourth-order valence-corrected chi connectivity index (χ4v) is 2.76. The van der Waals surface area contributed by atoms with Gasteiger partial charge in [-0.2, -0.15) is 4.37 Å². The van der Waals surface area contributed by atoms with Crippen molar-refractivity contribution in [3.8, 4) is 5.75 Å². The molecule has 2 heterocycles. The van der Waals surface area contributed by atoms with Gasteiger partial charge in [0.1, 0.15) is 0 Å². The Balaban J connectivity index is 1.96. The monoisotopic (exact) mass is 338 g/mol. The van der Waals surface area contributed by atoms with Crippen LogP contribution in [0.15, 0.2) is 39.7 Å². The first-order valence-corrected chi connectivity index (χ1v) is 7.97. The van der Waals surface area contributed by atoms with Crippen LogP contribution in [0.1, 0.15) is 0 Å². The predicted molar refractivity (Wildman–Crippen MR) is 81.4 cm³/mol. The number of nitrogens with zero attached hydrogens (tertiary/aromatic N) is 4. The molecule has 0 aliphatic rings. The van der Waals surface area contributed by atoms with E-state index in [9.17, 15) is 8.78 Å². The third kappa shape index (κ3) is 2.77. The number of phenols is 1. The van der Waals surface area contributed by atoms with E-state index in [0.29, 0.717) is 10.4 Å². The zero-order chi connectivity index (χ0) is 15.7. The number of phenolic OH excluding ortho intramolecular Hbond substituents is 1. The summed E-state index contributed by atoms with van der Waals surface area (Å²) in [5.74, 6) is -3.21. The molecule has 0 bridgehead atoms. The highest BCUT2D eigenvalue weighted by atomic mass is 32.2. The number of rotatable bonds is 3. The molecule has 22 heavy (non-hydrogen) atoms. The molecule has 0 unspecified atom stereocenters. The number of azo groups is 1. The number of pyridine rings is 1. The average molecular weight is 338 g/mol. The van der Waals surface area contributed by atoms with E-state index in [0.717, 1.165) is 34.2 Å². The molecule has 0 amide bonds. The molecule has 1 aromatic carbocycles. The average Bonchev–Trinajstić information content (AvgIpc) is 2.92. The Morgan fingerprint density at radius 2 is 1.91 bits per heavy atom. The molecule has 112 valence electrons. The van der Waals surface area contributed by atoms with E-state index >= 15 is 0 Å². The lowest BCUT2D eigenvalue weighted by atomic mass is 10.3. The number of fused-ring (bicyclic) bond motifs is 1. The molecular formula is C13H8F2N4OS2. The van der Waals surface area contributed by atoms with Crippen molar-refractivity contribution in [1.82, 2.24) is 9.36 Å². The number of aromatic nitrogens is 2. The quantitative estimate of drug-likeness (QED) is 0.549. The van der Waals surface area contributed by atoms with Gasteiger partial charge in [0.2, 0.25) is 0 Å². The Morgan fingerprint density at radius 1 is 1.18 bits per heavy atom. The lowest BCUT2D eigenvalue weighted by Gasteiger charge is -1.98. The van der Waals surface area contributed by atoms with Crippen LogP contribution in [-0.4, -0.2) is 20.7 Å². The molecule has 0 aliphatic heterocycles.